The van der Waals surface area contributed by atoms with Crippen molar-refractivity contribution in [2.75, 3.05) is 5.32 Å². The fourth-order valence-electron chi connectivity index (χ4n) is 2.42. The Labute approximate surface area is 123 Å². The zero-order valence-electron chi connectivity index (χ0n) is 11.3. The Bertz CT molecular complexity index is 1020. The Morgan fingerprint density at radius 1 is 1.00 bits per heavy atom. The number of hydrogen-bond donors (Lipinski definition) is 3. The topological polar surface area (TPSA) is 90.9 Å². The fraction of sp³-hybridized carbons (Fsp3) is 0. The average Bonchev–Trinajstić information content (AvgIpc) is 3.08. The highest BCUT2D eigenvalue weighted by molar-refractivity contribution is 6.06. The molecule has 2 heterocycles. The first-order chi connectivity index (χ1) is 10.7. The number of rotatable bonds is 2. The Balaban J connectivity index is 1.65. The number of amides is 1. The Hall–Kier alpha value is -3.28. The number of aromatic amines is 2. The number of nitrogens with one attached hydrogen (secondary N) is 3. The molecule has 0 bridgehead atoms. The maximum absolute atomic E-state index is 12.3. The number of carbonyl (C=O) groups excluding carboxylic acids is 1. The number of para-hydroxylation sites is 1. The molecule has 108 valence electrons. The van der Waals surface area contributed by atoms with Gasteiger partial charge in [0.05, 0.1) is 5.52 Å². The molecule has 0 aliphatic heterocycles. The maximum atomic E-state index is 12.3. The van der Waals surface area contributed by atoms with Crippen molar-refractivity contribution in [3.05, 3.63) is 64.8 Å². The van der Waals surface area contributed by atoms with Gasteiger partial charge in [-0.15, -0.1) is 0 Å². The van der Waals surface area contributed by atoms with E-state index < -0.39 is 5.76 Å². The largest absolute Gasteiger partial charge is 0.417 e. The van der Waals surface area contributed by atoms with Gasteiger partial charge < -0.3 is 14.7 Å². The van der Waals surface area contributed by atoms with E-state index in [9.17, 15) is 9.59 Å². The Kier molecular flexibility index (Phi) is 2.62. The number of benzene rings is 2. The van der Waals surface area contributed by atoms with Gasteiger partial charge in [0.1, 0.15) is 5.69 Å². The summed E-state index contributed by atoms with van der Waals surface area (Å²) >= 11 is 0. The van der Waals surface area contributed by atoms with E-state index in [4.69, 9.17) is 4.42 Å². The van der Waals surface area contributed by atoms with E-state index in [-0.39, 0.29) is 5.91 Å². The van der Waals surface area contributed by atoms with Gasteiger partial charge in [-0.25, -0.2) is 4.79 Å². The van der Waals surface area contributed by atoms with Crippen LogP contribution in [0.1, 0.15) is 10.5 Å². The Morgan fingerprint density at radius 2 is 1.86 bits per heavy atom. The molecule has 3 N–H and O–H groups in total. The monoisotopic (exact) mass is 293 g/mol. The molecule has 0 saturated carbocycles. The van der Waals surface area contributed by atoms with E-state index in [0.717, 1.165) is 10.9 Å². The van der Waals surface area contributed by atoms with Crippen LogP contribution in [0.4, 0.5) is 5.69 Å². The van der Waals surface area contributed by atoms with E-state index in [1.165, 1.54) is 0 Å². The van der Waals surface area contributed by atoms with Crippen LogP contribution in [0.25, 0.3) is 22.0 Å². The summed E-state index contributed by atoms with van der Waals surface area (Å²) in [5, 5.41) is 3.76. The zero-order valence-corrected chi connectivity index (χ0v) is 11.3. The fourth-order valence-corrected chi connectivity index (χ4v) is 2.42. The van der Waals surface area contributed by atoms with Gasteiger partial charge in [0.25, 0.3) is 5.91 Å². The third-order valence-electron chi connectivity index (χ3n) is 3.45. The van der Waals surface area contributed by atoms with Gasteiger partial charge in [0.2, 0.25) is 0 Å². The van der Waals surface area contributed by atoms with Crippen LogP contribution in [0, 0.1) is 0 Å². The summed E-state index contributed by atoms with van der Waals surface area (Å²) in [6.07, 6.45) is 0. The molecule has 0 aliphatic rings. The van der Waals surface area contributed by atoms with E-state index in [1.54, 1.807) is 24.3 Å². The molecule has 0 saturated heterocycles. The number of carbonyl (C=O) groups is 1. The Morgan fingerprint density at radius 3 is 2.73 bits per heavy atom. The first kappa shape index (κ1) is 12.5. The van der Waals surface area contributed by atoms with Gasteiger partial charge in [-0.1, -0.05) is 18.2 Å². The van der Waals surface area contributed by atoms with E-state index in [2.05, 4.69) is 15.3 Å². The summed E-state index contributed by atoms with van der Waals surface area (Å²) < 4.78 is 4.92. The molecule has 0 atom stereocenters. The summed E-state index contributed by atoms with van der Waals surface area (Å²) in [6, 6.07) is 14.4. The maximum Gasteiger partial charge on any atom is 0.417 e. The van der Waals surface area contributed by atoms with Crippen molar-refractivity contribution in [1.82, 2.24) is 9.97 Å². The molecular formula is C16H11N3O3. The van der Waals surface area contributed by atoms with Crippen LogP contribution in [-0.4, -0.2) is 15.9 Å². The molecule has 0 spiro atoms. The van der Waals surface area contributed by atoms with Gasteiger partial charge in [-0.3, -0.25) is 9.78 Å². The third kappa shape index (κ3) is 2.07. The van der Waals surface area contributed by atoms with Crippen LogP contribution in [0.5, 0.6) is 0 Å². The third-order valence-corrected chi connectivity index (χ3v) is 3.45. The summed E-state index contributed by atoms with van der Waals surface area (Å²) in [7, 11) is 0. The van der Waals surface area contributed by atoms with Crippen molar-refractivity contribution in [3.8, 4) is 0 Å². The summed E-state index contributed by atoms with van der Waals surface area (Å²) in [5.41, 5.74) is 2.95. The first-order valence-electron chi connectivity index (χ1n) is 6.71. The smallest absolute Gasteiger partial charge is 0.408 e. The molecule has 2 aromatic heterocycles. The van der Waals surface area contributed by atoms with Gasteiger partial charge in [-0.2, -0.15) is 0 Å². The minimum absolute atomic E-state index is 0.249. The molecular weight excluding hydrogens is 282 g/mol. The highest BCUT2D eigenvalue weighted by Gasteiger charge is 2.10. The van der Waals surface area contributed by atoms with E-state index in [0.29, 0.717) is 22.5 Å². The number of H-pyrrole nitrogens is 2. The molecule has 0 fully saturated rings. The average molecular weight is 293 g/mol. The second kappa shape index (κ2) is 4.63. The van der Waals surface area contributed by atoms with Crippen molar-refractivity contribution in [3.63, 3.8) is 0 Å². The van der Waals surface area contributed by atoms with Crippen molar-refractivity contribution in [2.45, 2.75) is 0 Å². The lowest BCUT2D eigenvalue weighted by Crippen LogP contribution is -2.12. The number of anilines is 1. The standard InChI is InChI=1S/C16H11N3O3/c20-15(13-7-9-3-1-2-4-11(9)18-13)17-10-5-6-14-12(8-10)19-16(21)22-14/h1-8,18H,(H,17,20)(H,19,21). The molecule has 0 unspecified atom stereocenters. The molecule has 0 radical (unpaired) electrons. The molecule has 6 heteroatoms. The molecule has 22 heavy (non-hydrogen) atoms. The lowest BCUT2D eigenvalue weighted by molar-refractivity contribution is 0.102. The second-order valence-electron chi connectivity index (χ2n) is 4.95. The number of fused-ring (bicyclic) bond motifs is 2. The van der Waals surface area contributed by atoms with Crippen molar-refractivity contribution in [1.29, 1.82) is 0 Å². The molecule has 6 nitrogen and oxygen atoms in total. The van der Waals surface area contributed by atoms with E-state index >= 15 is 0 Å². The molecule has 0 aliphatic carbocycles. The summed E-state index contributed by atoms with van der Waals surface area (Å²) in [5.74, 6) is -0.768. The molecule has 2 aromatic carbocycles. The van der Waals surface area contributed by atoms with E-state index in [1.807, 2.05) is 24.3 Å². The van der Waals surface area contributed by atoms with Gasteiger partial charge in [-0.05, 0) is 30.3 Å². The summed E-state index contributed by atoms with van der Waals surface area (Å²) in [6.45, 7) is 0. The van der Waals surface area contributed by atoms with Crippen molar-refractivity contribution in [2.24, 2.45) is 0 Å². The second-order valence-corrected chi connectivity index (χ2v) is 4.95. The van der Waals surface area contributed by atoms with Crippen LogP contribution >= 0.6 is 0 Å². The van der Waals surface area contributed by atoms with Gasteiger partial charge in [0, 0.05) is 16.6 Å². The van der Waals surface area contributed by atoms with Gasteiger partial charge >= 0.3 is 5.76 Å². The lowest BCUT2D eigenvalue weighted by atomic mass is 10.2. The van der Waals surface area contributed by atoms with Crippen LogP contribution in [0.2, 0.25) is 0 Å². The van der Waals surface area contributed by atoms with Crippen molar-refractivity contribution >= 4 is 33.6 Å². The van der Waals surface area contributed by atoms with Crippen LogP contribution in [0.15, 0.2) is 57.7 Å². The van der Waals surface area contributed by atoms with Gasteiger partial charge in [0.15, 0.2) is 5.58 Å². The first-order valence-corrected chi connectivity index (χ1v) is 6.71. The highest BCUT2D eigenvalue weighted by atomic mass is 16.4. The SMILES string of the molecule is O=C(Nc1ccc2oc(=O)[nH]c2c1)c1cc2ccccc2[nH]1. The quantitative estimate of drug-likeness (QED) is 0.530. The van der Waals surface area contributed by atoms with Crippen LogP contribution in [-0.2, 0) is 0 Å². The normalized spacial score (nSPS) is 11.1. The minimum atomic E-state index is -0.519. The predicted octanol–water partition coefficient (Wildman–Crippen LogP) is 2.85. The molecule has 4 rings (SSSR count). The molecule has 4 aromatic rings. The number of oxazole rings is 1. The number of hydrogen-bond acceptors (Lipinski definition) is 3. The van der Waals surface area contributed by atoms with Crippen LogP contribution in [0.3, 0.4) is 0 Å². The lowest BCUT2D eigenvalue weighted by Gasteiger charge is -2.03. The highest BCUT2D eigenvalue weighted by Crippen LogP contribution is 2.19. The predicted molar refractivity (Wildman–Crippen MR) is 83.1 cm³/mol. The molecule has 1 amide bonds. The van der Waals surface area contributed by atoms with Crippen LogP contribution < -0.4 is 11.1 Å². The summed E-state index contributed by atoms with van der Waals surface area (Å²) in [4.78, 5) is 29.0. The number of aromatic nitrogens is 2. The minimum Gasteiger partial charge on any atom is -0.408 e. The van der Waals surface area contributed by atoms with Crippen molar-refractivity contribution < 1.29 is 9.21 Å². The zero-order chi connectivity index (χ0) is 15.1.